The van der Waals surface area contributed by atoms with Crippen molar-refractivity contribution in [1.82, 2.24) is 4.57 Å². The van der Waals surface area contributed by atoms with Crippen LogP contribution < -0.4 is 24.5 Å². The van der Waals surface area contributed by atoms with Gasteiger partial charge in [-0.15, -0.1) is 0 Å². The zero-order valence-corrected chi connectivity index (χ0v) is 28.6. The standard InChI is InChI=1S/C32H28Br2ClN3O4S/c1-5-41-31(40)27-18(2)36-32-38(28(27)20-10-12-22(13-11-20)37(3)4)30(39)26(43-32)16-19-14-23(33)29(24(34)15-19)42-17-21-8-6-7-9-25(21)35/h6-16,28H,5,17H2,1-4H3/b26-16-/t28-/m0/s1. The number of carbonyl (C=O) groups is 1. The minimum Gasteiger partial charge on any atom is -0.486 e. The van der Waals surface area contributed by atoms with Gasteiger partial charge in [0.15, 0.2) is 4.80 Å². The number of aromatic nitrogens is 1. The number of esters is 1. The van der Waals surface area contributed by atoms with Crippen LogP contribution in [0.15, 0.2) is 90.7 Å². The summed E-state index contributed by atoms with van der Waals surface area (Å²) in [5.41, 5.74) is 4.08. The molecule has 2 heterocycles. The molecule has 0 amide bonds. The number of rotatable bonds is 8. The highest BCUT2D eigenvalue weighted by atomic mass is 79.9. The third kappa shape index (κ3) is 6.52. The van der Waals surface area contributed by atoms with Gasteiger partial charge in [0, 0.05) is 30.4 Å². The Morgan fingerprint density at radius 2 is 1.79 bits per heavy atom. The van der Waals surface area contributed by atoms with Gasteiger partial charge < -0.3 is 14.4 Å². The topological polar surface area (TPSA) is 73.1 Å². The number of carbonyl (C=O) groups excluding carboxylic acids is 1. The second-order valence-corrected chi connectivity index (χ2v) is 13.1. The summed E-state index contributed by atoms with van der Waals surface area (Å²) in [6, 6.07) is 18.4. The van der Waals surface area contributed by atoms with Gasteiger partial charge in [0.2, 0.25) is 0 Å². The van der Waals surface area contributed by atoms with E-state index in [2.05, 4.69) is 36.9 Å². The first kappa shape index (κ1) is 31.3. The summed E-state index contributed by atoms with van der Waals surface area (Å²) in [7, 11) is 3.92. The van der Waals surface area contributed by atoms with Gasteiger partial charge in [0.1, 0.15) is 12.4 Å². The Balaban J connectivity index is 1.56. The number of allylic oxidation sites excluding steroid dienone is 1. The first-order chi connectivity index (χ1) is 20.6. The third-order valence-electron chi connectivity index (χ3n) is 6.89. The van der Waals surface area contributed by atoms with Crippen LogP contribution in [0.25, 0.3) is 6.08 Å². The molecule has 5 rings (SSSR count). The molecule has 0 fully saturated rings. The molecule has 3 aromatic carbocycles. The lowest BCUT2D eigenvalue weighted by atomic mass is 9.95. The highest BCUT2D eigenvalue weighted by molar-refractivity contribution is 9.11. The van der Waals surface area contributed by atoms with Gasteiger partial charge in [-0.25, -0.2) is 9.79 Å². The monoisotopic (exact) mass is 743 g/mol. The summed E-state index contributed by atoms with van der Waals surface area (Å²) >= 11 is 14.8. The summed E-state index contributed by atoms with van der Waals surface area (Å²) in [6.45, 7) is 4.05. The zero-order chi connectivity index (χ0) is 30.8. The molecule has 11 heteroatoms. The molecule has 1 atom stereocenters. The van der Waals surface area contributed by atoms with Crippen molar-refractivity contribution in [2.24, 2.45) is 4.99 Å². The average Bonchev–Trinajstić information content (AvgIpc) is 3.26. The molecular formula is C32H28Br2ClN3O4S. The van der Waals surface area contributed by atoms with Crippen LogP contribution >= 0.6 is 54.8 Å². The van der Waals surface area contributed by atoms with E-state index in [4.69, 9.17) is 21.1 Å². The van der Waals surface area contributed by atoms with E-state index in [-0.39, 0.29) is 12.2 Å². The third-order valence-corrected chi connectivity index (χ3v) is 9.42. The second-order valence-electron chi connectivity index (χ2n) is 9.98. The predicted octanol–water partition coefficient (Wildman–Crippen LogP) is 6.62. The number of ether oxygens (including phenoxy) is 2. The number of nitrogens with zero attached hydrogens (tertiary/aromatic N) is 3. The Morgan fingerprint density at radius 3 is 2.42 bits per heavy atom. The van der Waals surface area contributed by atoms with Crippen LogP contribution in [0.1, 0.15) is 36.6 Å². The number of thiazole rings is 1. The molecule has 1 aromatic heterocycles. The number of hydrogen-bond acceptors (Lipinski definition) is 7. The molecular weight excluding hydrogens is 718 g/mol. The van der Waals surface area contributed by atoms with Crippen LogP contribution in [0, 0.1) is 0 Å². The smallest absolute Gasteiger partial charge is 0.338 e. The molecule has 43 heavy (non-hydrogen) atoms. The molecule has 0 aliphatic carbocycles. The summed E-state index contributed by atoms with van der Waals surface area (Å²) in [5.74, 6) is 0.134. The molecule has 0 unspecified atom stereocenters. The molecule has 1 aliphatic rings. The number of benzene rings is 3. The number of fused-ring (bicyclic) bond motifs is 1. The Bertz CT molecular complexity index is 1890. The van der Waals surface area contributed by atoms with Crippen molar-refractivity contribution in [3.05, 3.63) is 122 Å². The van der Waals surface area contributed by atoms with Gasteiger partial charge in [-0.1, -0.05) is 53.3 Å². The summed E-state index contributed by atoms with van der Waals surface area (Å²) in [4.78, 5) is 34.3. The van der Waals surface area contributed by atoms with E-state index in [0.29, 0.717) is 46.9 Å². The van der Waals surface area contributed by atoms with Crippen molar-refractivity contribution in [3.63, 3.8) is 0 Å². The number of halogens is 3. The SMILES string of the molecule is CCOC(=O)C1=C(C)N=c2s/c(=C\c3cc(Br)c(OCc4ccccc4Cl)c(Br)c3)c(=O)n2[C@H]1c1ccc(N(C)C)cc1. The van der Waals surface area contributed by atoms with Gasteiger partial charge in [0.05, 0.1) is 37.4 Å². The highest BCUT2D eigenvalue weighted by Gasteiger charge is 2.33. The minimum absolute atomic E-state index is 0.216. The highest BCUT2D eigenvalue weighted by Crippen LogP contribution is 2.36. The van der Waals surface area contributed by atoms with Crippen molar-refractivity contribution >= 4 is 72.5 Å². The average molecular weight is 746 g/mol. The molecule has 0 saturated carbocycles. The lowest BCUT2D eigenvalue weighted by Gasteiger charge is -2.25. The van der Waals surface area contributed by atoms with Crippen molar-refractivity contribution in [3.8, 4) is 5.75 Å². The van der Waals surface area contributed by atoms with Crippen molar-refractivity contribution in [1.29, 1.82) is 0 Å². The lowest BCUT2D eigenvalue weighted by Crippen LogP contribution is -2.39. The Kier molecular flexibility index (Phi) is 9.60. The zero-order valence-electron chi connectivity index (χ0n) is 23.9. The van der Waals surface area contributed by atoms with E-state index in [1.165, 1.54) is 11.3 Å². The van der Waals surface area contributed by atoms with Crippen molar-refractivity contribution in [2.75, 3.05) is 25.6 Å². The van der Waals surface area contributed by atoms with E-state index in [9.17, 15) is 9.59 Å². The van der Waals surface area contributed by atoms with Gasteiger partial charge in [0.25, 0.3) is 5.56 Å². The second kappa shape index (κ2) is 13.2. The van der Waals surface area contributed by atoms with E-state index in [1.54, 1.807) is 18.4 Å². The fraction of sp³-hybridized carbons (Fsp3) is 0.219. The fourth-order valence-corrected chi connectivity index (χ4v) is 7.47. The first-order valence-corrected chi connectivity index (χ1v) is 16.2. The summed E-state index contributed by atoms with van der Waals surface area (Å²) in [6.07, 6.45) is 1.81. The van der Waals surface area contributed by atoms with Crippen molar-refractivity contribution in [2.45, 2.75) is 26.5 Å². The van der Waals surface area contributed by atoms with Crippen LogP contribution in [0.4, 0.5) is 5.69 Å². The van der Waals surface area contributed by atoms with Crippen LogP contribution in [0.3, 0.4) is 0 Å². The lowest BCUT2D eigenvalue weighted by molar-refractivity contribution is -0.139. The molecule has 7 nitrogen and oxygen atoms in total. The Labute approximate surface area is 275 Å². The molecule has 0 radical (unpaired) electrons. The minimum atomic E-state index is -0.673. The van der Waals surface area contributed by atoms with Crippen LogP contribution in [-0.2, 0) is 16.1 Å². The van der Waals surface area contributed by atoms with Crippen LogP contribution in [0.5, 0.6) is 5.75 Å². The van der Waals surface area contributed by atoms with Gasteiger partial charge in [-0.3, -0.25) is 9.36 Å². The molecule has 0 N–H and O–H groups in total. The van der Waals surface area contributed by atoms with Gasteiger partial charge >= 0.3 is 5.97 Å². The Morgan fingerprint density at radius 1 is 1.12 bits per heavy atom. The summed E-state index contributed by atoms with van der Waals surface area (Å²) < 4.78 is 15.0. The van der Waals surface area contributed by atoms with Gasteiger partial charge in [-0.2, -0.15) is 0 Å². The largest absolute Gasteiger partial charge is 0.486 e. The van der Waals surface area contributed by atoms with E-state index in [0.717, 1.165) is 22.4 Å². The van der Waals surface area contributed by atoms with E-state index in [1.807, 2.05) is 85.7 Å². The normalized spacial score (nSPS) is 14.8. The number of hydrogen-bond donors (Lipinski definition) is 0. The molecule has 1 aliphatic heterocycles. The van der Waals surface area contributed by atoms with Gasteiger partial charge in [-0.05, 0) is 93.2 Å². The molecule has 222 valence electrons. The first-order valence-electron chi connectivity index (χ1n) is 13.4. The maximum atomic E-state index is 14.0. The van der Waals surface area contributed by atoms with Crippen LogP contribution in [0.2, 0.25) is 5.02 Å². The predicted molar refractivity (Wildman–Crippen MR) is 179 cm³/mol. The molecule has 0 bridgehead atoms. The van der Waals surface area contributed by atoms with Crippen LogP contribution in [-0.4, -0.2) is 31.2 Å². The van der Waals surface area contributed by atoms with E-state index < -0.39 is 12.0 Å². The molecule has 0 saturated heterocycles. The maximum Gasteiger partial charge on any atom is 0.338 e. The Hall–Kier alpha value is -3.18. The maximum absolute atomic E-state index is 14.0. The number of anilines is 1. The molecule has 4 aromatic rings. The molecule has 0 spiro atoms. The fourth-order valence-electron chi connectivity index (χ4n) is 4.78. The quantitative estimate of drug-likeness (QED) is 0.190. The van der Waals surface area contributed by atoms with E-state index >= 15 is 0 Å². The van der Waals surface area contributed by atoms with Crippen molar-refractivity contribution < 1.29 is 14.3 Å². The summed E-state index contributed by atoms with van der Waals surface area (Å²) in [5, 5.41) is 0.634.